The third kappa shape index (κ3) is 3.55. The summed E-state index contributed by atoms with van der Waals surface area (Å²) >= 11 is 4.40. The van der Waals surface area contributed by atoms with Gasteiger partial charge in [0.2, 0.25) is 6.79 Å². The van der Waals surface area contributed by atoms with Gasteiger partial charge in [-0.15, -0.1) is 12.6 Å². The lowest BCUT2D eigenvalue weighted by atomic mass is 10.1. The predicted molar refractivity (Wildman–Crippen MR) is 94.8 cm³/mol. The first kappa shape index (κ1) is 16.8. The first-order valence-electron chi connectivity index (χ1n) is 7.75. The fourth-order valence-electron chi connectivity index (χ4n) is 2.72. The number of nitrogens with one attached hydrogen (secondary N) is 1. The summed E-state index contributed by atoms with van der Waals surface area (Å²) in [5, 5.41) is 3.43. The maximum atomic E-state index is 5.52. The molecule has 0 saturated heterocycles. The SMILES string of the molecule is COc1cc(CCNCc2cccc3c2OCO3)c(OC)cc1S. The molecule has 0 bridgehead atoms. The lowest BCUT2D eigenvalue weighted by molar-refractivity contribution is 0.173. The minimum atomic E-state index is 0.291. The molecule has 0 radical (unpaired) electrons. The highest BCUT2D eigenvalue weighted by atomic mass is 32.1. The van der Waals surface area contributed by atoms with E-state index in [0.717, 1.165) is 58.5 Å². The highest BCUT2D eigenvalue weighted by Crippen LogP contribution is 2.35. The van der Waals surface area contributed by atoms with Crippen LogP contribution < -0.4 is 24.3 Å². The number of rotatable bonds is 7. The van der Waals surface area contributed by atoms with Gasteiger partial charge in [-0.1, -0.05) is 12.1 Å². The van der Waals surface area contributed by atoms with E-state index < -0.39 is 0 Å². The molecule has 0 amide bonds. The largest absolute Gasteiger partial charge is 0.496 e. The Morgan fingerprint density at radius 3 is 2.71 bits per heavy atom. The Morgan fingerprint density at radius 2 is 1.92 bits per heavy atom. The predicted octanol–water partition coefficient (Wildman–Crippen LogP) is 3.05. The quantitative estimate of drug-likeness (QED) is 0.595. The zero-order chi connectivity index (χ0) is 16.9. The Morgan fingerprint density at radius 1 is 1.08 bits per heavy atom. The maximum absolute atomic E-state index is 5.52. The van der Waals surface area contributed by atoms with Crippen molar-refractivity contribution in [3.63, 3.8) is 0 Å². The number of ether oxygens (including phenoxy) is 4. The molecule has 2 aromatic rings. The van der Waals surface area contributed by atoms with E-state index in [4.69, 9.17) is 18.9 Å². The van der Waals surface area contributed by atoms with Crippen molar-refractivity contribution in [2.75, 3.05) is 27.6 Å². The van der Waals surface area contributed by atoms with Gasteiger partial charge >= 0.3 is 0 Å². The third-order valence-electron chi connectivity index (χ3n) is 3.95. The van der Waals surface area contributed by atoms with Crippen molar-refractivity contribution < 1.29 is 18.9 Å². The fraction of sp³-hybridized carbons (Fsp3) is 0.333. The van der Waals surface area contributed by atoms with Crippen LogP contribution in [0.15, 0.2) is 35.2 Å². The molecule has 0 fully saturated rings. The lowest BCUT2D eigenvalue weighted by Crippen LogP contribution is -2.17. The van der Waals surface area contributed by atoms with Crippen molar-refractivity contribution in [2.24, 2.45) is 0 Å². The molecule has 1 aliphatic heterocycles. The van der Waals surface area contributed by atoms with Crippen molar-refractivity contribution in [2.45, 2.75) is 17.9 Å². The van der Waals surface area contributed by atoms with Crippen molar-refractivity contribution >= 4 is 12.6 Å². The average Bonchev–Trinajstić information content (AvgIpc) is 3.08. The zero-order valence-electron chi connectivity index (χ0n) is 13.8. The second-order valence-corrected chi connectivity index (χ2v) is 5.90. The summed E-state index contributed by atoms with van der Waals surface area (Å²) in [6.45, 7) is 1.81. The molecule has 6 heteroatoms. The molecule has 3 rings (SSSR count). The van der Waals surface area contributed by atoms with Gasteiger partial charge < -0.3 is 24.3 Å². The highest BCUT2D eigenvalue weighted by molar-refractivity contribution is 7.80. The molecule has 24 heavy (non-hydrogen) atoms. The smallest absolute Gasteiger partial charge is 0.231 e. The number of benzene rings is 2. The van der Waals surface area contributed by atoms with Crippen LogP contribution in [0.3, 0.4) is 0 Å². The first-order chi connectivity index (χ1) is 11.7. The molecule has 2 aromatic carbocycles. The number of hydrogen-bond donors (Lipinski definition) is 2. The first-order valence-corrected chi connectivity index (χ1v) is 8.19. The summed E-state index contributed by atoms with van der Waals surface area (Å²) < 4.78 is 21.7. The molecule has 1 N–H and O–H groups in total. The van der Waals surface area contributed by atoms with Crippen LogP contribution in [0.25, 0.3) is 0 Å². The van der Waals surface area contributed by atoms with Crippen LogP contribution >= 0.6 is 12.6 Å². The minimum Gasteiger partial charge on any atom is -0.496 e. The van der Waals surface area contributed by atoms with Crippen LogP contribution in [0.1, 0.15) is 11.1 Å². The summed E-state index contributed by atoms with van der Waals surface area (Å²) in [7, 11) is 3.30. The lowest BCUT2D eigenvalue weighted by Gasteiger charge is -2.13. The number of para-hydroxylation sites is 1. The molecule has 0 atom stereocenters. The molecule has 0 saturated carbocycles. The number of hydrogen-bond acceptors (Lipinski definition) is 6. The summed E-state index contributed by atoms with van der Waals surface area (Å²) in [6, 6.07) is 9.79. The van der Waals surface area contributed by atoms with Gasteiger partial charge in [0.1, 0.15) is 11.5 Å². The summed E-state index contributed by atoms with van der Waals surface area (Å²) in [5.74, 6) is 3.22. The molecule has 128 valence electrons. The summed E-state index contributed by atoms with van der Waals surface area (Å²) in [4.78, 5) is 0.767. The molecule has 0 unspecified atom stereocenters. The van der Waals surface area contributed by atoms with Crippen molar-refractivity contribution in [1.82, 2.24) is 5.32 Å². The van der Waals surface area contributed by atoms with Crippen LogP contribution in [0, 0.1) is 0 Å². The van der Waals surface area contributed by atoms with Gasteiger partial charge in [-0.05, 0) is 36.7 Å². The van der Waals surface area contributed by atoms with E-state index in [2.05, 4.69) is 17.9 Å². The average molecular weight is 347 g/mol. The van der Waals surface area contributed by atoms with E-state index in [9.17, 15) is 0 Å². The highest BCUT2D eigenvalue weighted by Gasteiger charge is 2.16. The monoisotopic (exact) mass is 347 g/mol. The third-order valence-corrected chi connectivity index (χ3v) is 4.30. The molecule has 0 spiro atoms. The Hall–Kier alpha value is -2.05. The molecule has 5 nitrogen and oxygen atoms in total. The Kier molecular flexibility index (Phi) is 5.37. The molecular weight excluding hydrogens is 326 g/mol. The summed E-state index contributed by atoms with van der Waals surface area (Å²) in [5.41, 5.74) is 2.18. The van der Waals surface area contributed by atoms with Gasteiger partial charge in [0.25, 0.3) is 0 Å². The van der Waals surface area contributed by atoms with Crippen molar-refractivity contribution in [3.05, 3.63) is 41.5 Å². The van der Waals surface area contributed by atoms with Crippen LogP contribution in [0.2, 0.25) is 0 Å². The number of methoxy groups -OCH3 is 2. The van der Waals surface area contributed by atoms with Crippen molar-refractivity contribution in [1.29, 1.82) is 0 Å². The van der Waals surface area contributed by atoms with Gasteiger partial charge in [0.15, 0.2) is 11.5 Å². The molecular formula is C18H21NO4S. The van der Waals surface area contributed by atoms with E-state index in [0.29, 0.717) is 6.79 Å². The fourth-order valence-corrected chi connectivity index (χ4v) is 2.99. The van der Waals surface area contributed by atoms with Gasteiger partial charge in [-0.2, -0.15) is 0 Å². The topological polar surface area (TPSA) is 49.0 Å². The van der Waals surface area contributed by atoms with E-state index in [1.807, 2.05) is 30.3 Å². The van der Waals surface area contributed by atoms with Gasteiger partial charge in [-0.25, -0.2) is 0 Å². The van der Waals surface area contributed by atoms with Gasteiger partial charge in [0, 0.05) is 17.0 Å². The van der Waals surface area contributed by atoms with Crippen LogP contribution in [-0.2, 0) is 13.0 Å². The standard InChI is InChI=1S/C18H21NO4S/c1-20-15-9-17(24)16(21-2)8-12(15)6-7-19-10-13-4-3-5-14-18(13)23-11-22-14/h3-5,8-9,19,24H,6-7,10-11H2,1-2H3. The molecule has 0 aromatic heterocycles. The van der Waals surface area contributed by atoms with Gasteiger partial charge in [-0.3, -0.25) is 0 Å². The van der Waals surface area contributed by atoms with E-state index in [1.165, 1.54) is 0 Å². The van der Waals surface area contributed by atoms with Crippen LogP contribution in [0.4, 0.5) is 0 Å². The normalized spacial score (nSPS) is 12.3. The van der Waals surface area contributed by atoms with Crippen LogP contribution in [0.5, 0.6) is 23.0 Å². The maximum Gasteiger partial charge on any atom is 0.231 e. The second kappa shape index (κ2) is 7.68. The summed E-state index contributed by atoms with van der Waals surface area (Å²) in [6.07, 6.45) is 0.819. The zero-order valence-corrected chi connectivity index (χ0v) is 14.7. The Bertz CT molecular complexity index is 720. The van der Waals surface area contributed by atoms with Gasteiger partial charge in [0.05, 0.1) is 14.2 Å². The number of thiol groups is 1. The molecule has 1 heterocycles. The van der Waals surface area contributed by atoms with Crippen LogP contribution in [-0.4, -0.2) is 27.6 Å². The molecule has 0 aliphatic carbocycles. The number of fused-ring (bicyclic) bond motifs is 1. The minimum absolute atomic E-state index is 0.291. The van der Waals surface area contributed by atoms with E-state index >= 15 is 0 Å². The van der Waals surface area contributed by atoms with E-state index in [-0.39, 0.29) is 0 Å². The Labute approximate surface area is 147 Å². The second-order valence-electron chi connectivity index (χ2n) is 5.41. The molecule has 1 aliphatic rings. The van der Waals surface area contributed by atoms with Crippen molar-refractivity contribution in [3.8, 4) is 23.0 Å². The van der Waals surface area contributed by atoms with E-state index in [1.54, 1.807) is 14.2 Å². The Balaban J connectivity index is 1.60.